The number of alkyl halides is 3. The van der Waals surface area contributed by atoms with Gasteiger partial charge in [-0.3, -0.25) is 4.79 Å². The van der Waals surface area contributed by atoms with Crippen molar-refractivity contribution in [1.82, 2.24) is 10.3 Å². The summed E-state index contributed by atoms with van der Waals surface area (Å²) < 4.78 is 40.5. The molecule has 0 aromatic carbocycles. The van der Waals surface area contributed by atoms with Crippen molar-refractivity contribution in [2.24, 2.45) is 0 Å². The summed E-state index contributed by atoms with van der Waals surface area (Å²) in [5.74, 6) is -0.490. The van der Waals surface area contributed by atoms with Gasteiger partial charge in [0.1, 0.15) is 9.71 Å². The summed E-state index contributed by atoms with van der Waals surface area (Å²) >= 11 is 0.886. The van der Waals surface area contributed by atoms with E-state index in [1.165, 1.54) is 0 Å². The average molecular weight is 359 g/mol. The molecule has 2 aromatic rings. The molecule has 0 unspecified atom stereocenters. The normalized spacial score (nSPS) is 12.9. The number of fused-ring (bicyclic) bond motifs is 1. The zero-order valence-electron chi connectivity index (χ0n) is 14.1. The molecule has 0 saturated carbocycles. The highest BCUT2D eigenvalue weighted by Crippen LogP contribution is 2.43. The molecule has 0 spiro atoms. The van der Waals surface area contributed by atoms with E-state index in [1.54, 1.807) is 34.6 Å². The fourth-order valence-electron chi connectivity index (χ4n) is 2.23. The van der Waals surface area contributed by atoms with Crippen LogP contribution in [-0.2, 0) is 11.6 Å². The number of nitrogens with one attached hydrogen (secondary N) is 1. The van der Waals surface area contributed by atoms with Gasteiger partial charge >= 0.3 is 6.18 Å². The van der Waals surface area contributed by atoms with Crippen LogP contribution in [0.15, 0.2) is 6.07 Å². The molecule has 2 rings (SSSR count). The Labute approximate surface area is 142 Å². The quantitative estimate of drug-likeness (QED) is 0.838. The number of amides is 1. The van der Waals surface area contributed by atoms with E-state index < -0.39 is 23.1 Å². The summed E-state index contributed by atoms with van der Waals surface area (Å²) in [6.45, 7) is 8.87. The Morgan fingerprint density at radius 1 is 1.29 bits per heavy atom. The summed E-state index contributed by atoms with van der Waals surface area (Å²) in [6, 6.07) is 0.873. The van der Waals surface area contributed by atoms with Crippen LogP contribution in [0.3, 0.4) is 0 Å². The van der Waals surface area contributed by atoms with Crippen molar-refractivity contribution in [3.8, 4) is 0 Å². The maximum absolute atomic E-state index is 13.5. The minimum Gasteiger partial charge on any atom is -0.397 e. The number of nitrogens with two attached hydrogens (primary N) is 1. The number of hydrogen-bond acceptors (Lipinski definition) is 4. The number of thiophene rings is 1. The number of carbonyl (C=O) groups is 1. The summed E-state index contributed by atoms with van der Waals surface area (Å²) in [6.07, 6.45) is -4.58. The van der Waals surface area contributed by atoms with Crippen molar-refractivity contribution in [1.29, 1.82) is 0 Å². The zero-order valence-corrected chi connectivity index (χ0v) is 14.9. The average Bonchev–Trinajstić information content (AvgIpc) is 2.72. The molecule has 2 aromatic heterocycles. The number of nitrogens with zero attached hydrogens (tertiary/aromatic N) is 1. The lowest BCUT2D eigenvalue weighted by Gasteiger charge is -2.20. The molecule has 8 heteroatoms. The molecule has 132 valence electrons. The van der Waals surface area contributed by atoms with Gasteiger partial charge < -0.3 is 11.1 Å². The predicted octanol–water partition coefficient (Wildman–Crippen LogP) is 4.33. The Hall–Kier alpha value is -1.83. The molecule has 0 fully saturated rings. The third-order valence-electron chi connectivity index (χ3n) is 3.40. The van der Waals surface area contributed by atoms with E-state index in [0.29, 0.717) is 5.69 Å². The first-order chi connectivity index (χ1) is 10.8. The highest BCUT2D eigenvalue weighted by atomic mass is 32.1. The Kier molecular flexibility index (Phi) is 4.56. The number of halogens is 3. The van der Waals surface area contributed by atoms with Crippen LogP contribution in [0.25, 0.3) is 10.2 Å². The Balaban J connectivity index is 2.77. The monoisotopic (exact) mass is 359 g/mol. The van der Waals surface area contributed by atoms with Crippen molar-refractivity contribution < 1.29 is 18.0 Å². The fraction of sp³-hybridized carbons (Fsp3) is 0.500. The van der Waals surface area contributed by atoms with Crippen LogP contribution in [0, 0.1) is 0 Å². The second kappa shape index (κ2) is 5.91. The number of aromatic nitrogens is 1. The van der Waals surface area contributed by atoms with Crippen LogP contribution in [0.5, 0.6) is 0 Å². The van der Waals surface area contributed by atoms with Gasteiger partial charge in [-0.15, -0.1) is 11.3 Å². The van der Waals surface area contributed by atoms with Crippen LogP contribution in [-0.4, -0.2) is 16.9 Å². The number of nitrogen functional groups attached to an aromatic ring is 1. The van der Waals surface area contributed by atoms with Gasteiger partial charge in [0.2, 0.25) is 0 Å². The minimum absolute atomic E-state index is 0.0581. The number of carbonyl (C=O) groups excluding carboxylic acids is 1. The summed E-state index contributed by atoms with van der Waals surface area (Å²) in [5.41, 5.74) is 4.60. The van der Waals surface area contributed by atoms with E-state index in [1.807, 2.05) is 0 Å². The van der Waals surface area contributed by atoms with Gasteiger partial charge in [0.05, 0.1) is 11.3 Å². The van der Waals surface area contributed by atoms with Crippen LogP contribution in [0.2, 0.25) is 0 Å². The van der Waals surface area contributed by atoms with Crippen molar-refractivity contribution in [3.05, 3.63) is 22.2 Å². The van der Waals surface area contributed by atoms with E-state index in [0.717, 1.165) is 17.4 Å². The summed E-state index contributed by atoms with van der Waals surface area (Å²) in [7, 11) is 0. The van der Waals surface area contributed by atoms with Crippen LogP contribution in [0.1, 0.15) is 55.5 Å². The summed E-state index contributed by atoms with van der Waals surface area (Å²) in [4.78, 5) is 16.7. The zero-order chi connectivity index (χ0) is 18.4. The molecule has 0 radical (unpaired) electrons. The van der Waals surface area contributed by atoms with Gasteiger partial charge in [-0.25, -0.2) is 4.98 Å². The molecule has 0 saturated heterocycles. The van der Waals surface area contributed by atoms with Crippen molar-refractivity contribution in [3.63, 3.8) is 0 Å². The van der Waals surface area contributed by atoms with Gasteiger partial charge in [0.15, 0.2) is 0 Å². The molecule has 0 aliphatic rings. The van der Waals surface area contributed by atoms with Crippen LogP contribution >= 0.6 is 11.3 Å². The first-order valence-corrected chi connectivity index (χ1v) is 8.25. The number of anilines is 1. The lowest BCUT2D eigenvalue weighted by Crippen LogP contribution is -2.29. The van der Waals surface area contributed by atoms with E-state index in [9.17, 15) is 18.0 Å². The smallest absolute Gasteiger partial charge is 0.397 e. The minimum atomic E-state index is -4.58. The van der Waals surface area contributed by atoms with Crippen molar-refractivity contribution in [2.45, 2.75) is 52.3 Å². The maximum Gasteiger partial charge on any atom is 0.417 e. The fourth-order valence-corrected chi connectivity index (χ4v) is 3.25. The standard InChI is InChI=1S/C16H20F3N3OS/c1-7(2)21-13(23)12-11(20)10-8(16(17,18)19)6-9(15(3,4)5)22-14(10)24-12/h6-7H,20H2,1-5H3,(H,21,23). The highest BCUT2D eigenvalue weighted by Gasteiger charge is 2.37. The van der Waals surface area contributed by atoms with E-state index in [-0.39, 0.29) is 26.8 Å². The predicted molar refractivity (Wildman–Crippen MR) is 90.3 cm³/mol. The van der Waals surface area contributed by atoms with Crippen molar-refractivity contribution >= 4 is 33.1 Å². The molecule has 2 heterocycles. The SMILES string of the molecule is CC(C)NC(=O)c1sc2nc(C(C)(C)C)cc(C(F)(F)F)c2c1N. The van der Waals surface area contributed by atoms with Crippen molar-refractivity contribution in [2.75, 3.05) is 5.73 Å². The van der Waals surface area contributed by atoms with E-state index in [4.69, 9.17) is 5.73 Å². The van der Waals surface area contributed by atoms with Gasteiger partial charge in [0, 0.05) is 22.5 Å². The Morgan fingerprint density at radius 2 is 1.88 bits per heavy atom. The van der Waals surface area contributed by atoms with Crippen LogP contribution < -0.4 is 11.1 Å². The molecule has 0 aliphatic heterocycles. The van der Waals surface area contributed by atoms with Crippen LogP contribution in [0.4, 0.5) is 18.9 Å². The topological polar surface area (TPSA) is 68.0 Å². The molecule has 4 nitrogen and oxygen atoms in total. The van der Waals surface area contributed by atoms with Gasteiger partial charge in [-0.2, -0.15) is 13.2 Å². The van der Waals surface area contributed by atoms with Gasteiger partial charge in [-0.05, 0) is 19.9 Å². The first kappa shape index (κ1) is 18.5. The molecular formula is C16H20F3N3OS. The van der Waals surface area contributed by atoms with Gasteiger partial charge in [-0.1, -0.05) is 20.8 Å². The molecular weight excluding hydrogens is 339 g/mol. The lowest BCUT2D eigenvalue weighted by atomic mass is 9.90. The Bertz CT molecular complexity index is 788. The summed E-state index contributed by atoms with van der Waals surface area (Å²) in [5, 5.41) is 2.45. The number of hydrogen-bond donors (Lipinski definition) is 2. The second-order valence-electron chi connectivity index (χ2n) is 6.96. The van der Waals surface area contributed by atoms with E-state index >= 15 is 0 Å². The molecule has 3 N–H and O–H groups in total. The highest BCUT2D eigenvalue weighted by molar-refractivity contribution is 7.21. The largest absolute Gasteiger partial charge is 0.417 e. The second-order valence-corrected chi connectivity index (χ2v) is 7.96. The first-order valence-electron chi connectivity index (χ1n) is 7.44. The molecule has 24 heavy (non-hydrogen) atoms. The molecule has 0 aliphatic carbocycles. The molecule has 0 atom stereocenters. The maximum atomic E-state index is 13.5. The van der Waals surface area contributed by atoms with E-state index in [2.05, 4.69) is 10.3 Å². The Morgan fingerprint density at radius 3 is 2.33 bits per heavy atom. The number of rotatable bonds is 2. The third-order valence-corrected chi connectivity index (χ3v) is 4.50. The molecule has 1 amide bonds. The lowest BCUT2D eigenvalue weighted by molar-refractivity contribution is -0.136. The number of pyridine rings is 1. The third kappa shape index (κ3) is 3.48. The molecule has 0 bridgehead atoms. The van der Waals surface area contributed by atoms with Gasteiger partial charge in [0.25, 0.3) is 5.91 Å².